The van der Waals surface area contributed by atoms with E-state index in [-0.39, 0.29) is 0 Å². The molecule has 1 aromatic carbocycles. The summed E-state index contributed by atoms with van der Waals surface area (Å²) < 4.78 is 6.09. The van der Waals surface area contributed by atoms with Gasteiger partial charge in [0.2, 0.25) is 0 Å². The second kappa shape index (κ2) is 5.56. The van der Waals surface area contributed by atoms with Gasteiger partial charge in [0, 0.05) is 11.6 Å². The molecule has 1 heterocycles. The van der Waals surface area contributed by atoms with Crippen LogP contribution in [0.15, 0.2) is 40.8 Å². The molecule has 0 aliphatic carbocycles. The van der Waals surface area contributed by atoms with Crippen molar-refractivity contribution in [3.05, 3.63) is 53.5 Å². The highest BCUT2D eigenvalue weighted by molar-refractivity contribution is 5.68. The van der Waals surface area contributed by atoms with Gasteiger partial charge in [0.15, 0.2) is 0 Å². The molecular formula is C18H23O+. The lowest BCUT2D eigenvalue weighted by molar-refractivity contribution is 0.411. The van der Waals surface area contributed by atoms with Gasteiger partial charge in [-0.2, -0.15) is 0 Å². The molecule has 0 fully saturated rings. The van der Waals surface area contributed by atoms with Crippen molar-refractivity contribution in [1.29, 1.82) is 0 Å². The van der Waals surface area contributed by atoms with Gasteiger partial charge in [-0.25, -0.2) is 4.42 Å². The molecule has 100 valence electrons. The summed E-state index contributed by atoms with van der Waals surface area (Å²) in [6.45, 7) is 10.9. The minimum Gasteiger partial charge on any atom is -0.217 e. The van der Waals surface area contributed by atoms with Crippen molar-refractivity contribution in [2.24, 2.45) is 0 Å². The van der Waals surface area contributed by atoms with Gasteiger partial charge in [-0.15, -0.1) is 0 Å². The molecule has 1 aromatic heterocycles. The molecule has 0 atom stereocenters. The molecular weight excluding hydrogens is 232 g/mol. The molecule has 0 aliphatic heterocycles. The second-order valence-electron chi connectivity index (χ2n) is 5.73. The Morgan fingerprint density at radius 1 is 0.895 bits per heavy atom. The van der Waals surface area contributed by atoms with Gasteiger partial charge < -0.3 is 0 Å². The quantitative estimate of drug-likeness (QED) is 0.632. The predicted molar refractivity (Wildman–Crippen MR) is 81.5 cm³/mol. The number of hydrogen-bond donors (Lipinski definition) is 0. The summed E-state index contributed by atoms with van der Waals surface area (Å²) in [6.07, 6.45) is 0. The largest absolute Gasteiger partial charge is 0.335 e. The van der Waals surface area contributed by atoms with Crippen LogP contribution in [0.3, 0.4) is 0 Å². The van der Waals surface area contributed by atoms with E-state index in [0.717, 1.165) is 11.5 Å². The summed E-state index contributed by atoms with van der Waals surface area (Å²) in [5.74, 6) is 2.97. The molecule has 19 heavy (non-hydrogen) atoms. The standard InChI is InChI=1S/C18H23O/c1-12(2)17-11-16(15-9-7-6-8-10-15)14(5)18(19-17)13(3)4/h6-13H,1-5H3/q+1. The highest BCUT2D eigenvalue weighted by Crippen LogP contribution is 2.33. The fourth-order valence-electron chi connectivity index (χ4n) is 2.37. The summed E-state index contributed by atoms with van der Waals surface area (Å²) >= 11 is 0. The molecule has 1 nitrogen and oxygen atoms in total. The monoisotopic (exact) mass is 255 g/mol. The predicted octanol–water partition coefficient (Wildman–Crippen LogP) is 5.78. The number of hydrogen-bond acceptors (Lipinski definition) is 0. The minimum atomic E-state index is 0.403. The summed E-state index contributed by atoms with van der Waals surface area (Å²) in [6, 6.07) is 12.7. The molecule has 0 aliphatic rings. The van der Waals surface area contributed by atoms with Gasteiger partial charge in [0.05, 0.1) is 17.4 Å². The van der Waals surface area contributed by atoms with Crippen LogP contribution in [0.1, 0.15) is 56.6 Å². The van der Waals surface area contributed by atoms with Crippen LogP contribution in [0.2, 0.25) is 0 Å². The van der Waals surface area contributed by atoms with Gasteiger partial charge in [-0.1, -0.05) is 58.0 Å². The maximum atomic E-state index is 6.09. The van der Waals surface area contributed by atoms with Crippen LogP contribution >= 0.6 is 0 Å². The lowest BCUT2D eigenvalue weighted by Gasteiger charge is -2.08. The van der Waals surface area contributed by atoms with Crippen LogP contribution in [-0.4, -0.2) is 0 Å². The number of rotatable bonds is 3. The second-order valence-corrected chi connectivity index (χ2v) is 5.73. The van der Waals surface area contributed by atoms with Gasteiger partial charge in [-0.3, -0.25) is 0 Å². The molecule has 2 aromatic rings. The van der Waals surface area contributed by atoms with Crippen LogP contribution in [0.5, 0.6) is 0 Å². The molecule has 0 bridgehead atoms. The molecule has 1 heteroatoms. The van der Waals surface area contributed by atoms with E-state index in [1.54, 1.807) is 0 Å². The molecule has 0 saturated heterocycles. The Morgan fingerprint density at radius 2 is 1.53 bits per heavy atom. The van der Waals surface area contributed by atoms with Crippen LogP contribution in [0.4, 0.5) is 0 Å². The maximum Gasteiger partial charge on any atom is 0.335 e. The Hall–Kier alpha value is -1.63. The third kappa shape index (κ3) is 2.86. The van der Waals surface area contributed by atoms with Crippen molar-refractivity contribution in [3.8, 4) is 11.1 Å². The SMILES string of the molecule is Cc1c(-c2ccccc2)cc(C(C)C)[o+]c1C(C)C. The van der Waals surface area contributed by atoms with E-state index in [1.807, 2.05) is 0 Å². The third-order valence-corrected chi connectivity index (χ3v) is 3.47. The topological polar surface area (TPSA) is 11.3 Å². The zero-order chi connectivity index (χ0) is 14.0. The first-order valence-corrected chi connectivity index (χ1v) is 7.03. The average molecular weight is 255 g/mol. The van der Waals surface area contributed by atoms with Crippen molar-refractivity contribution < 1.29 is 4.42 Å². The molecule has 0 unspecified atom stereocenters. The minimum absolute atomic E-state index is 0.403. The Balaban J connectivity index is 2.66. The van der Waals surface area contributed by atoms with E-state index < -0.39 is 0 Å². The molecule has 2 rings (SSSR count). The van der Waals surface area contributed by atoms with Crippen molar-refractivity contribution in [2.75, 3.05) is 0 Å². The van der Waals surface area contributed by atoms with Crippen LogP contribution in [0, 0.1) is 6.92 Å². The van der Waals surface area contributed by atoms with Crippen molar-refractivity contribution in [2.45, 2.75) is 46.5 Å². The van der Waals surface area contributed by atoms with Crippen LogP contribution in [0.25, 0.3) is 11.1 Å². The first-order valence-electron chi connectivity index (χ1n) is 7.03. The maximum absolute atomic E-state index is 6.09. The molecule has 0 amide bonds. The highest BCUT2D eigenvalue weighted by Gasteiger charge is 2.26. The molecule has 0 saturated carbocycles. The normalized spacial score (nSPS) is 11.3. The van der Waals surface area contributed by atoms with Gasteiger partial charge in [0.25, 0.3) is 0 Å². The Morgan fingerprint density at radius 3 is 2.05 bits per heavy atom. The summed E-state index contributed by atoms with van der Waals surface area (Å²) in [7, 11) is 0. The lowest BCUT2D eigenvalue weighted by Crippen LogP contribution is -1.99. The smallest absolute Gasteiger partial charge is 0.217 e. The molecule has 0 radical (unpaired) electrons. The zero-order valence-electron chi connectivity index (χ0n) is 12.5. The Bertz CT molecular complexity index is 553. The van der Waals surface area contributed by atoms with Gasteiger partial charge in [0.1, 0.15) is 0 Å². The average Bonchev–Trinajstić information content (AvgIpc) is 2.39. The van der Waals surface area contributed by atoms with Crippen LogP contribution < -0.4 is 0 Å². The summed E-state index contributed by atoms with van der Waals surface area (Å²) in [4.78, 5) is 0. The molecule has 0 spiro atoms. The summed E-state index contributed by atoms with van der Waals surface area (Å²) in [5.41, 5.74) is 3.81. The van der Waals surface area contributed by atoms with Crippen LogP contribution in [-0.2, 0) is 0 Å². The van der Waals surface area contributed by atoms with E-state index in [2.05, 4.69) is 71.0 Å². The third-order valence-electron chi connectivity index (χ3n) is 3.47. The fourth-order valence-corrected chi connectivity index (χ4v) is 2.37. The lowest BCUT2D eigenvalue weighted by atomic mass is 9.95. The fraction of sp³-hybridized carbons (Fsp3) is 0.389. The Kier molecular flexibility index (Phi) is 4.04. The van der Waals surface area contributed by atoms with Crippen molar-refractivity contribution in [3.63, 3.8) is 0 Å². The number of benzene rings is 1. The Labute approximate surface area is 116 Å². The van der Waals surface area contributed by atoms with E-state index in [4.69, 9.17) is 4.42 Å². The first-order chi connectivity index (χ1) is 9.00. The van der Waals surface area contributed by atoms with Gasteiger partial charge in [-0.05, 0) is 12.5 Å². The van der Waals surface area contributed by atoms with E-state index in [0.29, 0.717) is 11.8 Å². The zero-order valence-corrected chi connectivity index (χ0v) is 12.5. The molecule has 0 N–H and O–H groups in total. The van der Waals surface area contributed by atoms with Crippen molar-refractivity contribution in [1.82, 2.24) is 0 Å². The highest BCUT2D eigenvalue weighted by atomic mass is 16.3. The van der Waals surface area contributed by atoms with Gasteiger partial charge >= 0.3 is 11.5 Å². The van der Waals surface area contributed by atoms with E-state index in [9.17, 15) is 0 Å². The van der Waals surface area contributed by atoms with Crippen molar-refractivity contribution >= 4 is 0 Å². The van der Waals surface area contributed by atoms with E-state index >= 15 is 0 Å². The van der Waals surface area contributed by atoms with E-state index in [1.165, 1.54) is 16.7 Å². The first kappa shape index (κ1) is 13.8. The summed E-state index contributed by atoms with van der Waals surface area (Å²) in [5, 5.41) is 0.